The lowest BCUT2D eigenvalue weighted by atomic mass is 10.1. The number of anilines is 1. The first-order valence-electron chi connectivity index (χ1n) is 6.90. The van der Waals surface area contributed by atoms with Crippen LogP contribution in [0.3, 0.4) is 0 Å². The Labute approximate surface area is 127 Å². The van der Waals surface area contributed by atoms with Gasteiger partial charge in [0, 0.05) is 18.0 Å². The van der Waals surface area contributed by atoms with Crippen LogP contribution >= 0.6 is 11.6 Å². The van der Waals surface area contributed by atoms with Crippen molar-refractivity contribution in [3.8, 4) is 0 Å². The molecule has 0 atom stereocenters. The van der Waals surface area contributed by atoms with Gasteiger partial charge in [-0.25, -0.2) is 14.6 Å². The number of nitrogen functional groups attached to an aromatic ring is 1. The van der Waals surface area contributed by atoms with Gasteiger partial charge in [-0.3, -0.25) is 0 Å². The van der Waals surface area contributed by atoms with Crippen molar-refractivity contribution in [1.29, 1.82) is 0 Å². The molecule has 0 fully saturated rings. The molecular formula is C15H16ClN5. The summed E-state index contributed by atoms with van der Waals surface area (Å²) >= 11 is 6.24. The number of nitrogens with zero attached hydrogens (tertiary/aromatic N) is 4. The maximum atomic E-state index is 6.24. The van der Waals surface area contributed by atoms with Gasteiger partial charge < -0.3 is 5.73 Å². The highest BCUT2D eigenvalue weighted by molar-refractivity contribution is 6.31. The molecule has 2 aromatic heterocycles. The number of benzene rings is 1. The van der Waals surface area contributed by atoms with Gasteiger partial charge in [-0.05, 0) is 18.1 Å². The van der Waals surface area contributed by atoms with Crippen LogP contribution < -0.4 is 5.73 Å². The fourth-order valence-corrected chi connectivity index (χ4v) is 2.62. The van der Waals surface area contributed by atoms with Crippen molar-refractivity contribution < 1.29 is 0 Å². The Morgan fingerprint density at radius 1 is 1.24 bits per heavy atom. The van der Waals surface area contributed by atoms with Crippen LogP contribution in [0.15, 0.2) is 30.6 Å². The molecule has 3 aromatic rings. The van der Waals surface area contributed by atoms with Crippen molar-refractivity contribution in [3.05, 3.63) is 46.9 Å². The maximum absolute atomic E-state index is 6.24. The van der Waals surface area contributed by atoms with Crippen LogP contribution in [0, 0.1) is 0 Å². The third-order valence-corrected chi connectivity index (χ3v) is 3.75. The Kier molecular flexibility index (Phi) is 3.75. The van der Waals surface area contributed by atoms with Gasteiger partial charge in [-0.1, -0.05) is 36.7 Å². The molecule has 0 bridgehead atoms. The molecule has 0 unspecified atom stereocenters. The van der Waals surface area contributed by atoms with E-state index in [-0.39, 0.29) is 0 Å². The zero-order valence-corrected chi connectivity index (χ0v) is 12.5. The normalized spacial score (nSPS) is 11.1. The van der Waals surface area contributed by atoms with Crippen LogP contribution in [-0.4, -0.2) is 19.7 Å². The van der Waals surface area contributed by atoms with Gasteiger partial charge in [-0.2, -0.15) is 5.10 Å². The van der Waals surface area contributed by atoms with Crippen molar-refractivity contribution in [1.82, 2.24) is 19.7 Å². The summed E-state index contributed by atoms with van der Waals surface area (Å²) in [4.78, 5) is 8.41. The van der Waals surface area contributed by atoms with Crippen LogP contribution in [-0.2, 0) is 13.0 Å². The lowest BCUT2D eigenvalue weighted by Crippen LogP contribution is -2.01. The van der Waals surface area contributed by atoms with Gasteiger partial charge in [-0.15, -0.1) is 0 Å². The molecule has 2 heterocycles. The summed E-state index contributed by atoms with van der Waals surface area (Å²) in [6.45, 7) is 2.90. The molecule has 3 rings (SSSR count). The maximum Gasteiger partial charge on any atom is 0.163 e. The van der Waals surface area contributed by atoms with Crippen molar-refractivity contribution in [2.24, 2.45) is 0 Å². The van der Waals surface area contributed by atoms with E-state index in [1.54, 1.807) is 0 Å². The zero-order chi connectivity index (χ0) is 14.8. The molecule has 0 saturated carbocycles. The minimum atomic E-state index is 0.462. The van der Waals surface area contributed by atoms with Gasteiger partial charge >= 0.3 is 0 Å². The standard InChI is InChI=1S/C15H16ClN5/c1-2-7-21-15-13(14(17)18-9-19-15)12(20-21)8-10-5-3-4-6-11(10)16/h3-6,9H,2,7-8H2,1H3,(H2,17,18,19). The summed E-state index contributed by atoms with van der Waals surface area (Å²) in [6.07, 6.45) is 3.07. The van der Waals surface area contributed by atoms with Crippen LogP contribution in [0.1, 0.15) is 24.6 Å². The van der Waals surface area contributed by atoms with E-state index in [2.05, 4.69) is 22.0 Å². The second-order valence-electron chi connectivity index (χ2n) is 4.90. The molecule has 1 aromatic carbocycles. The monoisotopic (exact) mass is 301 g/mol. The number of aryl methyl sites for hydroxylation is 1. The number of fused-ring (bicyclic) bond motifs is 1. The molecule has 21 heavy (non-hydrogen) atoms. The van der Waals surface area contributed by atoms with E-state index in [4.69, 9.17) is 17.3 Å². The summed E-state index contributed by atoms with van der Waals surface area (Å²) in [5.41, 5.74) is 8.69. The molecule has 0 radical (unpaired) electrons. The van der Waals surface area contributed by atoms with E-state index in [1.165, 1.54) is 6.33 Å². The van der Waals surface area contributed by atoms with E-state index in [0.717, 1.165) is 40.3 Å². The molecule has 0 aliphatic carbocycles. The van der Waals surface area contributed by atoms with Crippen molar-refractivity contribution >= 4 is 28.5 Å². The average Bonchev–Trinajstić information content (AvgIpc) is 2.81. The second kappa shape index (κ2) is 5.69. The number of aromatic nitrogens is 4. The van der Waals surface area contributed by atoms with Crippen molar-refractivity contribution in [3.63, 3.8) is 0 Å². The second-order valence-corrected chi connectivity index (χ2v) is 5.30. The molecule has 0 saturated heterocycles. The predicted octanol–water partition coefficient (Wildman–Crippen LogP) is 3.06. The Balaban J connectivity index is 2.12. The van der Waals surface area contributed by atoms with Crippen LogP contribution in [0.5, 0.6) is 0 Å². The third kappa shape index (κ3) is 2.56. The summed E-state index contributed by atoms with van der Waals surface area (Å²) < 4.78 is 1.89. The largest absolute Gasteiger partial charge is 0.383 e. The highest BCUT2D eigenvalue weighted by Crippen LogP contribution is 2.26. The molecule has 0 aliphatic rings. The summed E-state index contributed by atoms with van der Waals surface area (Å²) in [7, 11) is 0. The van der Waals surface area contributed by atoms with Gasteiger partial charge in [0.05, 0.1) is 11.1 Å². The van der Waals surface area contributed by atoms with E-state index >= 15 is 0 Å². The van der Waals surface area contributed by atoms with Crippen LogP contribution in [0.4, 0.5) is 5.82 Å². The molecule has 108 valence electrons. The third-order valence-electron chi connectivity index (χ3n) is 3.38. The molecular weight excluding hydrogens is 286 g/mol. The molecule has 6 heteroatoms. The average molecular weight is 302 g/mol. The van der Waals surface area contributed by atoms with E-state index in [0.29, 0.717) is 12.2 Å². The first-order valence-corrected chi connectivity index (χ1v) is 7.27. The minimum Gasteiger partial charge on any atom is -0.383 e. The van der Waals surface area contributed by atoms with E-state index in [1.807, 2.05) is 28.9 Å². The highest BCUT2D eigenvalue weighted by atomic mass is 35.5. The summed E-state index contributed by atoms with van der Waals surface area (Å²) in [5, 5.41) is 6.20. The molecule has 0 amide bonds. The SMILES string of the molecule is CCCn1nc(Cc2ccccc2Cl)c2c(N)ncnc21. The Bertz CT molecular complexity index is 781. The van der Waals surface area contributed by atoms with Crippen molar-refractivity contribution in [2.75, 3.05) is 5.73 Å². The number of hydrogen-bond donors (Lipinski definition) is 1. The Morgan fingerprint density at radius 3 is 2.81 bits per heavy atom. The summed E-state index contributed by atoms with van der Waals surface area (Å²) in [6, 6.07) is 7.75. The first kappa shape index (κ1) is 13.8. The topological polar surface area (TPSA) is 69.6 Å². The molecule has 2 N–H and O–H groups in total. The van der Waals surface area contributed by atoms with Gasteiger partial charge in [0.2, 0.25) is 0 Å². The zero-order valence-electron chi connectivity index (χ0n) is 11.8. The van der Waals surface area contributed by atoms with Gasteiger partial charge in [0.25, 0.3) is 0 Å². The van der Waals surface area contributed by atoms with E-state index < -0.39 is 0 Å². The number of nitrogens with two attached hydrogens (primary N) is 1. The van der Waals surface area contributed by atoms with Crippen molar-refractivity contribution in [2.45, 2.75) is 26.3 Å². The predicted molar refractivity (Wildman–Crippen MR) is 84.3 cm³/mol. The molecule has 0 aliphatic heterocycles. The van der Waals surface area contributed by atoms with Crippen LogP contribution in [0.2, 0.25) is 5.02 Å². The smallest absolute Gasteiger partial charge is 0.163 e. The fourth-order valence-electron chi connectivity index (χ4n) is 2.42. The van der Waals surface area contributed by atoms with Gasteiger partial charge in [0.1, 0.15) is 12.1 Å². The van der Waals surface area contributed by atoms with Crippen LogP contribution in [0.25, 0.3) is 11.0 Å². The summed E-state index contributed by atoms with van der Waals surface area (Å²) in [5.74, 6) is 0.462. The lowest BCUT2D eigenvalue weighted by molar-refractivity contribution is 0.609. The Hall–Kier alpha value is -2.14. The molecule has 5 nitrogen and oxygen atoms in total. The molecule has 0 spiro atoms. The quantitative estimate of drug-likeness (QED) is 0.804. The number of rotatable bonds is 4. The highest BCUT2D eigenvalue weighted by Gasteiger charge is 2.16. The Morgan fingerprint density at radius 2 is 2.05 bits per heavy atom. The lowest BCUT2D eigenvalue weighted by Gasteiger charge is -2.02. The number of halogens is 1. The minimum absolute atomic E-state index is 0.462. The van der Waals surface area contributed by atoms with E-state index in [9.17, 15) is 0 Å². The first-order chi connectivity index (χ1) is 10.2. The van der Waals surface area contributed by atoms with Gasteiger partial charge in [0.15, 0.2) is 5.65 Å². The number of hydrogen-bond acceptors (Lipinski definition) is 4. The fraction of sp³-hybridized carbons (Fsp3) is 0.267.